The molecule has 0 saturated carbocycles. The van der Waals surface area contributed by atoms with Crippen LogP contribution in [0.5, 0.6) is 0 Å². The second kappa shape index (κ2) is 9.41. The standard InChI is InChI=1S/C24H23BrFN3O/c25-19-6-11-23(26)22(16-19)24(30)27-20-7-9-21(10-8-20)29-14-12-28(13-15-29)17-18-4-2-1-3-5-18/h1-11,16H,12-15,17H2,(H,27,30). The lowest BCUT2D eigenvalue weighted by molar-refractivity contribution is 0.102. The van der Waals surface area contributed by atoms with Gasteiger partial charge in [-0.3, -0.25) is 9.69 Å². The summed E-state index contributed by atoms with van der Waals surface area (Å²) in [5.74, 6) is -1.00. The second-order valence-corrected chi connectivity index (χ2v) is 8.29. The highest BCUT2D eigenvalue weighted by Crippen LogP contribution is 2.22. The van der Waals surface area contributed by atoms with Crippen molar-refractivity contribution >= 4 is 33.2 Å². The molecule has 1 N–H and O–H groups in total. The second-order valence-electron chi connectivity index (χ2n) is 7.37. The first-order valence-electron chi connectivity index (χ1n) is 9.96. The number of halogens is 2. The van der Waals surface area contributed by atoms with Crippen molar-refractivity contribution in [3.05, 3.63) is 94.2 Å². The number of carbonyl (C=O) groups excluding carboxylic acids is 1. The van der Waals surface area contributed by atoms with Gasteiger partial charge in [-0.1, -0.05) is 46.3 Å². The lowest BCUT2D eigenvalue weighted by Gasteiger charge is -2.36. The summed E-state index contributed by atoms with van der Waals surface area (Å²) in [6.45, 7) is 4.92. The van der Waals surface area contributed by atoms with E-state index in [0.717, 1.165) is 38.4 Å². The van der Waals surface area contributed by atoms with E-state index < -0.39 is 11.7 Å². The Hall–Kier alpha value is -2.70. The fourth-order valence-electron chi connectivity index (χ4n) is 3.63. The van der Waals surface area contributed by atoms with E-state index in [0.29, 0.717) is 10.2 Å². The van der Waals surface area contributed by atoms with Gasteiger partial charge in [-0.2, -0.15) is 0 Å². The minimum absolute atomic E-state index is 0.0167. The zero-order valence-corrected chi connectivity index (χ0v) is 18.1. The molecule has 6 heteroatoms. The average Bonchev–Trinajstić information content (AvgIpc) is 2.77. The minimum atomic E-state index is -0.541. The van der Waals surface area contributed by atoms with E-state index in [4.69, 9.17) is 0 Å². The van der Waals surface area contributed by atoms with Gasteiger partial charge >= 0.3 is 0 Å². The van der Waals surface area contributed by atoms with Gasteiger partial charge in [0.2, 0.25) is 0 Å². The number of hydrogen-bond acceptors (Lipinski definition) is 3. The molecule has 0 spiro atoms. The van der Waals surface area contributed by atoms with Crippen molar-refractivity contribution < 1.29 is 9.18 Å². The summed E-state index contributed by atoms with van der Waals surface area (Å²) in [5, 5.41) is 2.76. The minimum Gasteiger partial charge on any atom is -0.369 e. The van der Waals surface area contributed by atoms with Crippen LogP contribution in [0.15, 0.2) is 77.3 Å². The van der Waals surface area contributed by atoms with Crippen LogP contribution in [0.4, 0.5) is 15.8 Å². The first-order valence-corrected chi connectivity index (χ1v) is 10.8. The number of amides is 1. The molecule has 30 heavy (non-hydrogen) atoms. The molecule has 1 aliphatic heterocycles. The Balaban J connectivity index is 1.33. The van der Waals surface area contributed by atoms with Gasteiger partial charge in [-0.05, 0) is 48.0 Å². The fraction of sp³-hybridized carbons (Fsp3) is 0.208. The molecular formula is C24H23BrFN3O. The Morgan fingerprint density at radius 3 is 2.33 bits per heavy atom. The van der Waals surface area contributed by atoms with E-state index in [9.17, 15) is 9.18 Å². The Morgan fingerprint density at radius 1 is 0.933 bits per heavy atom. The lowest BCUT2D eigenvalue weighted by atomic mass is 10.1. The number of anilines is 2. The predicted octanol–water partition coefficient (Wildman–Crippen LogP) is 5.16. The predicted molar refractivity (Wildman–Crippen MR) is 122 cm³/mol. The molecule has 0 atom stereocenters. The van der Waals surface area contributed by atoms with Crippen molar-refractivity contribution in [3.63, 3.8) is 0 Å². The van der Waals surface area contributed by atoms with E-state index in [1.54, 1.807) is 6.07 Å². The summed E-state index contributed by atoms with van der Waals surface area (Å²) >= 11 is 3.27. The lowest BCUT2D eigenvalue weighted by Crippen LogP contribution is -2.45. The van der Waals surface area contributed by atoms with Crippen LogP contribution in [0.25, 0.3) is 0 Å². The number of rotatable bonds is 5. The third-order valence-electron chi connectivity index (χ3n) is 5.28. The van der Waals surface area contributed by atoms with Crippen molar-refractivity contribution in [2.75, 3.05) is 36.4 Å². The zero-order valence-electron chi connectivity index (χ0n) is 16.5. The number of hydrogen-bond donors (Lipinski definition) is 1. The smallest absolute Gasteiger partial charge is 0.258 e. The highest BCUT2D eigenvalue weighted by molar-refractivity contribution is 9.10. The highest BCUT2D eigenvalue weighted by Gasteiger charge is 2.18. The highest BCUT2D eigenvalue weighted by atomic mass is 79.9. The third kappa shape index (κ3) is 5.07. The van der Waals surface area contributed by atoms with Gasteiger partial charge in [0.15, 0.2) is 0 Å². The molecule has 0 aromatic heterocycles. The normalized spacial score (nSPS) is 14.5. The summed E-state index contributed by atoms with van der Waals surface area (Å²) in [6, 6.07) is 22.6. The number of carbonyl (C=O) groups is 1. The Bertz CT molecular complexity index is 1000. The number of nitrogens with zero attached hydrogens (tertiary/aromatic N) is 2. The van der Waals surface area contributed by atoms with Crippen molar-refractivity contribution in [2.24, 2.45) is 0 Å². The van der Waals surface area contributed by atoms with Crippen LogP contribution in [0.1, 0.15) is 15.9 Å². The molecule has 4 rings (SSSR count). The van der Waals surface area contributed by atoms with Crippen molar-refractivity contribution in [1.29, 1.82) is 0 Å². The Kier molecular flexibility index (Phi) is 6.45. The van der Waals surface area contributed by atoms with Gasteiger partial charge in [0.1, 0.15) is 5.82 Å². The average molecular weight is 468 g/mol. The maximum atomic E-state index is 13.9. The monoisotopic (exact) mass is 467 g/mol. The van der Waals surface area contributed by atoms with Crippen LogP contribution in [0, 0.1) is 5.82 Å². The van der Waals surface area contributed by atoms with Crippen LogP contribution in [-0.2, 0) is 6.54 Å². The first kappa shape index (κ1) is 20.6. The molecule has 3 aromatic rings. The SMILES string of the molecule is O=C(Nc1ccc(N2CCN(Cc3ccccc3)CC2)cc1)c1cc(Br)ccc1F. The van der Waals surface area contributed by atoms with Gasteiger partial charge < -0.3 is 10.2 Å². The molecule has 154 valence electrons. The summed E-state index contributed by atoms with van der Waals surface area (Å²) in [4.78, 5) is 17.2. The topological polar surface area (TPSA) is 35.6 Å². The van der Waals surface area contributed by atoms with E-state index in [2.05, 4.69) is 55.3 Å². The van der Waals surface area contributed by atoms with Crippen molar-refractivity contribution in [1.82, 2.24) is 4.90 Å². The van der Waals surface area contributed by atoms with Crippen LogP contribution in [0.3, 0.4) is 0 Å². The van der Waals surface area contributed by atoms with Crippen LogP contribution < -0.4 is 10.2 Å². The molecule has 1 aliphatic rings. The van der Waals surface area contributed by atoms with E-state index >= 15 is 0 Å². The molecule has 0 radical (unpaired) electrons. The Morgan fingerprint density at radius 2 is 1.63 bits per heavy atom. The maximum Gasteiger partial charge on any atom is 0.258 e. The molecule has 1 amide bonds. The number of nitrogens with one attached hydrogen (secondary N) is 1. The van der Waals surface area contributed by atoms with Gasteiger partial charge in [0.05, 0.1) is 5.56 Å². The molecule has 3 aromatic carbocycles. The van der Waals surface area contributed by atoms with E-state index in [1.165, 1.54) is 17.7 Å². The molecular weight excluding hydrogens is 445 g/mol. The number of benzene rings is 3. The molecule has 0 bridgehead atoms. The number of piperazine rings is 1. The first-order chi connectivity index (χ1) is 14.6. The molecule has 0 aliphatic carbocycles. The fourth-order valence-corrected chi connectivity index (χ4v) is 3.99. The van der Waals surface area contributed by atoms with Crippen LogP contribution >= 0.6 is 15.9 Å². The quantitative estimate of drug-likeness (QED) is 0.562. The van der Waals surface area contributed by atoms with Crippen LogP contribution in [0.2, 0.25) is 0 Å². The maximum absolute atomic E-state index is 13.9. The van der Waals surface area contributed by atoms with Crippen molar-refractivity contribution in [3.8, 4) is 0 Å². The largest absolute Gasteiger partial charge is 0.369 e. The molecule has 0 unspecified atom stereocenters. The molecule has 1 heterocycles. The summed E-state index contributed by atoms with van der Waals surface area (Å²) in [6.07, 6.45) is 0. The molecule has 1 fully saturated rings. The summed E-state index contributed by atoms with van der Waals surface area (Å²) in [7, 11) is 0. The Labute approximate surface area is 184 Å². The van der Waals surface area contributed by atoms with Gasteiger partial charge in [-0.15, -0.1) is 0 Å². The zero-order chi connectivity index (χ0) is 20.9. The van der Waals surface area contributed by atoms with Gasteiger partial charge in [-0.25, -0.2) is 4.39 Å². The molecule has 4 nitrogen and oxygen atoms in total. The van der Waals surface area contributed by atoms with Crippen molar-refractivity contribution in [2.45, 2.75) is 6.54 Å². The van der Waals surface area contributed by atoms with Crippen LogP contribution in [-0.4, -0.2) is 37.0 Å². The van der Waals surface area contributed by atoms with Gasteiger partial charge in [0.25, 0.3) is 5.91 Å². The van der Waals surface area contributed by atoms with E-state index in [1.807, 2.05) is 30.3 Å². The van der Waals surface area contributed by atoms with Gasteiger partial charge in [0, 0.05) is 48.6 Å². The molecule has 1 saturated heterocycles. The van der Waals surface area contributed by atoms with E-state index in [-0.39, 0.29) is 5.56 Å². The summed E-state index contributed by atoms with van der Waals surface area (Å²) in [5.41, 5.74) is 3.13. The third-order valence-corrected chi connectivity index (χ3v) is 5.78. The summed E-state index contributed by atoms with van der Waals surface area (Å²) < 4.78 is 14.6.